The molecule has 1 N–H and O–H groups in total. The minimum Gasteiger partial charge on any atom is -0.349 e. The number of nitrogens with one attached hydrogen (secondary N) is 1. The number of para-hydroxylation sites is 1. The number of benzene rings is 2. The van der Waals surface area contributed by atoms with Crippen molar-refractivity contribution in [3.05, 3.63) is 77.0 Å². The average Bonchev–Trinajstić information content (AvgIpc) is 3.10. The molecule has 140 valence electrons. The summed E-state index contributed by atoms with van der Waals surface area (Å²) < 4.78 is 1.72. The zero-order valence-corrected chi connectivity index (χ0v) is 16.3. The van der Waals surface area contributed by atoms with Gasteiger partial charge in [0.05, 0.1) is 5.69 Å². The van der Waals surface area contributed by atoms with Gasteiger partial charge in [-0.25, -0.2) is 4.68 Å². The van der Waals surface area contributed by atoms with Gasteiger partial charge in [-0.3, -0.25) is 4.79 Å². The van der Waals surface area contributed by atoms with Crippen LogP contribution in [-0.2, 0) is 4.79 Å². The lowest BCUT2D eigenvalue weighted by Crippen LogP contribution is -2.30. The summed E-state index contributed by atoms with van der Waals surface area (Å²) in [6, 6.07) is 18.9. The van der Waals surface area contributed by atoms with Crippen LogP contribution in [0.25, 0.3) is 23.0 Å². The summed E-state index contributed by atoms with van der Waals surface area (Å²) in [6.45, 7) is 3.69. The number of hydrogen-bond donors (Lipinski definition) is 1. The molecule has 6 heteroatoms. The van der Waals surface area contributed by atoms with Gasteiger partial charge in [0.15, 0.2) is 0 Å². The van der Waals surface area contributed by atoms with E-state index in [9.17, 15) is 10.1 Å². The molecule has 3 rings (SSSR count). The Morgan fingerprint density at radius 2 is 1.96 bits per heavy atom. The van der Waals surface area contributed by atoms with Gasteiger partial charge in [-0.15, -0.1) is 0 Å². The fourth-order valence-corrected chi connectivity index (χ4v) is 2.90. The van der Waals surface area contributed by atoms with Gasteiger partial charge in [-0.1, -0.05) is 41.9 Å². The fourth-order valence-electron chi connectivity index (χ4n) is 2.71. The number of nitriles is 1. The largest absolute Gasteiger partial charge is 0.349 e. The normalized spacial score (nSPS) is 11.3. The van der Waals surface area contributed by atoms with Crippen LogP contribution in [0.2, 0.25) is 5.02 Å². The molecular formula is C22H19ClN4O. The average molecular weight is 391 g/mol. The molecule has 1 amide bonds. The molecule has 0 aliphatic rings. The lowest BCUT2D eigenvalue weighted by molar-refractivity contribution is -0.117. The second kappa shape index (κ2) is 8.55. The number of carbonyl (C=O) groups excluding carboxylic acids is 1. The fraction of sp³-hybridized carbons (Fsp3) is 0.136. The van der Waals surface area contributed by atoms with Gasteiger partial charge in [-0.2, -0.15) is 10.4 Å². The highest BCUT2D eigenvalue weighted by Gasteiger charge is 2.15. The third kappa shape index (κ3) is 4.48. The second-order valence-electron chi connectivity index (χ2n) is 6.52. The van der Waals surface area contributed by atoms with Crippen LogP contribution in [0.3, 0.4) is 0 Å². The molecule has 0 bridgehead atoms. The smallest absolute Gasteiger partial charge is 0.262 e. The predicted octanol–water partition coefficient (Wildman–Crippen LogP) is 4.62. The van der Waals surface area contributed by atoms with Crippen molar-refractivity contribution in [1.29, 1.82) is 5.26 Å². The zero-order valence-electron chi connectivity index (χ0n) is 15.6. The minimum atomic E-state index is -0.415. The van der Waals surface area contributed by atoms with Crippen LogP contribution in [0, 0.1) is 11.3 Å². The van der Waals surface area contributed by atoms with Gasteiger partial charge in [0.25, 0.3) is 5.91 Å². The van der Waals surface area contributed by atoms with E-state index >= 15 is 0 Å². The first-order valence-corrected chi connectivity index (χ1v) is 9.19. The van der Waals surface area contributed by atoms with Gasteiger partial charge in [0.1, 0.15) is 17.3 Å². The molecule has 3 aromatic rings. The van der Waals surface area contributed by atoms with Crippen molar-refractivity contribution in [3.8, 4) is 23.0 Å². The summed E-state index contributed by atoms with van der Waals surface area (Å²) >= 11 is 6.15. The van der Waals surface area contributed by atoms with Crippen molar-refractivity contribution in [3.63, 3.8) is 0 Å². The highest BCUT2D eigenvalue weighted by Crippen LogP contribution is 2.27. The molecule has 5 nitrogen and oxygen atoms in total. The van der Waals surface area contributed by atoms with E-state index in [2.05, 4.69) is 10.4 Å². The van der Waals surface area contributed by atoms with Crippen molar-refractivity contribution in [2.45, 2.75) is 19.9 Å². The third-order valence-corrected chi connectivity index (χ3v) is 4.18. The van der Waals surface area contributed by atoms with Crippen molar-refractivity contribution in [2.24, 2.45) is 0 Å². The number of amides is 1. The lowest BCUT2D eigenvalue weighted by atomic mass is 10.1. The van der Waals surface area contributed by atoms with Crippen molar-refractivity contribution in [2.75, 3.05) is 0 Å². The summed E-state index contributed by atoms with van der Waals surface area (Å²) in [5, 5.41) is 17.5. The van der Waals surface area contributed by atoms with Gasteiger partial charge >= 0.3 is 0 Å². The van der Waals surface area contributed by atoms with E-state index in [0.29, 0.717) is 16.3 Å². The van der Waals surface area contributed by atoms with Crippen LogP contribution < -0.4 is 5.32 Å². The Hall–Kier alpha value is -3.36. The number of carbonyl (C=O) groups is 1. The van der Waals surface area contributed by atoms with Gasteiger partial charge in [0.2, 0.25) is 0 Å². The maximum absolute atomic E-state index is 12.3. The van der Waals surface area contributed by atoms with E-state index < -0.39 is 5.91 Å². The number of aromatic nitrogens is 2. The molecule has 1 heterocycles. The van der Waals surface area contributed by atoms with Crippen LogP contribution in [-0.4, -0.2) is 21.7 Å². The van der Waals surface area contributed by atoms with Gasteiger partial charge < -0.3 is 5.32 Å². The maximum atomic E-state index is 12.3. The highest BCUT2D eigenvalue weighted by atomic mass is 35.5. The Bertz CT molecular complexity index is 1060. The first-order chi connectivity index (χ1) is 13.5. The molecule has 28 heavy (non-hydrogen) atoms. The molecule has 0 atom stereocenters. The number of rotatable bonds is 5. The first-order valence-electron chi connectivity index (χ1n) is 8.81. The summed E-state index contributed by atoms with van der Waals surface area (Å²) in [7, 11) is 0. The Morgan fingerprint density at radius 1 is 1.21 bits per heavy atom. The maximum Gasteiger partial charge on any atom is 0.262 e. The molecule has 0 radical (unpaired) electrons. The molecule has 0 aliphatic heterocycles. The number of nitrogens with zero attached hydrogens (tertiary/aromatic N) is 3. The second-order valence-corrected chi connectivity index (χ2v) is 6.96. The molecule has 0 spiro atoms. The molecule has 0 fully saturated rings. The molecule has 0 saturated heterocycles. The number of halogens is 1. The first kappa shape index (κ1) is 19.4. The standard InChI is InChI=1S/C22H19ClN4O/c1-15(2)25-22(28)17(13-24)11-18-14-27(20-9-4-3-5-10-20)26-21(18)16-7-6-8-19(23)12-16/h3-12,14-15H,1-2H3,(H,25,28)/b17-11+. The molecular weight excluding hydrogens is 372 g/mol. The Balaban J connectivity index is 2.13. The quantitative estimate of drug-likeness (QED) is 0.510. The van der Waals surface area contributed by atoms with Crippen LogP contribution in [0.5, 0.6) is 0 Å². The molecule has 0 aliphatic carbocycles. The Morgan fingerprint density at radius 3 is 2.61 bits per heavy atom. The molecule has 0 saturated carbocycles. The summed E-state index contributed by atoms with van der Waals surface area (Å²) in [5.74, 6) is -0.415. The van der Waals surface area contributed by atoms with Crippen molar-refractivity contribution < 1.29 is 4.79 Å². The van der Waals surface area contributed by atoms with E-state index in [0.717, 1.165) is 11.3 Å². The predicted molar refractivity (Wildman–Crippen MR) is 111 cm³/mol. The third-order valence-electron chi connectivity index (χ3n) is 3.95. The van der Waals surface area contributed by atoms with Crippen LogP contribution in [0.1, 0.15) is 19.4 Å². The lowest BCUT2D eigenvalue weighted by Gasteiger charge is -2.07. The zero-order chi connectivity index (χ0) is 20.1. The van der Waals surface area contributed by atoms with Crippen LogP contribution in [0.15, 0.2) is 66.4 Å². The molecule has 1 aromatic heterocycles. The van der Waals surface area contributed by atoms with E-state index in [4.69, 9.17) is 11.6 Å². The molecule has 0 unspecified atom stereocenters. The van der Waals surface area contributed by atoms with Crippen molar-refractivity contribution in [1.82, 2.24) is 15.1 Å². The number of hydrogen-bond acceptors (Lipinski definition) is 3. The Kier molecular flexibility index (Phi) is 5.93. The van der Waals surface area contributed by atoms with E-state index in [1.54, 1.807) is 29.1 Å². The summed E-state index contributed by atoms with van der Waals surface area (Å²) in [5.41, 5.74) is 2.98. The molecule has 2 aromatic carbocycles. The van der Waals surface area contributed by atoms with E-state index in [1.165, 1.54) is 0 Å². The minimum absolute atomic E-state index is 0.0181. The topological polar surface area (TPSA) is 70.7 Å². The Labute approximate surface area is 168 Å². The SMILES string of the molecule is CC(C)NC(=O)/C(C#N)=C/c1cn(-c2ccccc2)nc1-c1cccc(Cl)c1. The van der Waals surface area contributed by atoms with Crippen molar-refractivity contribution >= 4 is 23.6 Å². The summed E-state index contributed by atoms with van der Waals surface area (Å²) in [4.78, 5) is 12.3. The van der Waals surface area contributed by atoms with Gasteiger partial charge in [-0.05, 0) is 44.2 Å². The van der Waals surface area contributed by atoms with Gasteiger partial charge in [0, 0.05) is 28.4 Å². The highest BCUT2D eigenvalue weighted by molar-refractivity contribution is 6.30. The van der Waals surface area contributed by atoms with Crippen LogP contribution >= 0.6 is 11.6 Å². The summed E-state index contributed by atoms with van der Waals surface area (Å²) in [6.07, 6.45) is 3.35. The van der Waals surface area contributed by atoms with E-state index in [1.807, 2.05) is 62.4 Å². The van der Waals surface area contributed by atoms with Crippen LogP contribution in [0.4, 0.5) is 0 Å². The monoisotopic (exact) mass is 390 g/mol. The van der Waals surface area contributed by atoms with E-state index in [-0.39, 0.29) is 11.6 Å².